The molecule has 0 aromatic rings. The van der Waals surface area contributed by atoms with Crippen molar-refractivity contribution in [1.29, 1.82) is 0 Å². The predicted molar refractivity (Wildman–Crippen MR) is 102 cm³/mol. The molecule has 0 bridgehead atoms. The van der Waals surface area contributed by atoms with E-state index in [-0.39, 0.29) is 32.0 Å². The standard InChI is InChI=1S/C10H12O6.C9H10O6/c1-7(2)10(14)16-6-5-15-9(13)4-3-8(11)12;1-2-8(12)14-5-6-15-9(13)4-3-7(10)11/h3-4H,1,5-6H2,2H3,(H,11,12);2-4H,1,5-6H2,(H,10,11)/b2*4-3-. The fraction of sp³-hybridized carbons (Fsp3) is 0.263. The number of carboxylic acids is 2. The molecule has 0 atom stereocenters. The van der Waals surface area contributed by atoms with Gasteiger partial charge in [-0.2, -0.15) is 0 Å². The first-order chi connectivity index (χ1) is 14.5. The zero-order valence-corrected chi connectivity index (χ0v) is 16.6. The first-order valence-corrected chi connectivity index (χ1v) is 8.26. The second-order valence-corrected chi connectivity index (χ2v) is 4.97. The Morgan fingerprint density at radius 1 is 0.677 bits per heavy atom. The maximum atomic E-state index is 10.8. The number of hydrogen-bond acceptors (Lipinski definition) is 10. The van der Waals surface area contributed by atoms with E-state index < -0.39 is 35.8 Å². The number of carbonyl (C=O) groups is 6. The van der Waals surface area contributed by atoms with Crippen LogP contribution in [0.3, 0.4) is 0 Å². The molecule has 0 unspecified atom stereocenters. The van der Waals surface area contributed by atoms with Crippen molar-refractivity contribution in [3.8, 4) is 0 Å². The van der Waals surface area contributed by atoms with Crippen molar-refractivity contribution in [1.82, 2.24) is 0 Å². The summed E-state index contributed by atoms with van der Waals surface area (Å²) in [6.07, 6.45) is 3.81. The molecule has 0 aromatic carbocycles. The Labute approximate surface area is 177 Å². The molecule has 12 nitrogen and oxygen atoms in total. The lowest BCUT2D eigenvalue weighted by atomic mass is 10.4. The molecule has 170 valence electrons. The number of esters is 4. The van der Waals surface area contributed by atoms with Crippen LogP contribution in [0.15, 0.2) is 49.1 Å². The zero-order chi connectivity index (χ0) is 24.2. The summed E-state index contributed by atoms with van der Waals surface area (Å²) in [7, 11) is 0. The largest absolute Gasteiger partial charge is 0.478 e. The molecule has 0 radical (unpaired) electrons. The van der Waals surface area contributed by atoms with Gasteiger partial charge in [-0.25, -0.2) is 28.8 Å². The second kappa shape index (κ2) is 17.8. The monoisotopic (exact) mass is 442 g/mol. The van der Waals surface area contributed by atoms with E-state index in [1.807, 2.05) is 0 Å². The number of carbonyl (C=O) groups excluding carboxylic acids is 4. The van der Waals surface area contributed by atoms with Crippen LogP contribution in [-0.2, 0) is 47.7 Å². The van der Waals surface area contributed by atoms with Crippen molar-refractivity contribution >= 4 is 35.8 Å². The third-order valence-electron chi connectivity index (χ3n) is 2.37. The van der Waals surface area contributed by atoms with Gasteiger partial charge < -0.3 is 29.2 Å². The van der Waals surface area contributed by atoms with Crippen LogP contribution in [0.5, 0.6) is 0 Å². The van der Waals surface area contributed by atoms with E-state index in [0.29, 0.717) is 12.2 Å². The van der Waals surface area contributed by atoms with Crippen LogP contribution in [0.1, 0.15) is 6.92 Å². The molecule has 12 heteroatoms. The Kier molecular flexibility index (Phi) is 16.7. The predicted octanol–water partition coefficient (Wildman–Crippen LogP) is 0.189. The van der Waals surface area contributed by atoms with Crippen molar-refractivity contribution in [3.05, 3.63) is 49.1 Å². The van der Waals surface area contributed by atoms with Crippen LogP contribution >= 0.6 is 0 Å². The zero-order valence-electron chi connectivity index (χ0n) is 16.6. The summed E-state index contributed by atoms with van der Waals surface area (Å²) in [5.41, 5.74) is 0.247. The number of aliphatic carboxylic acids is 2. The van der Waals surface area contributed by atoms with E-state index in [0.717, 1.165) is 18.2 Å². The molecule has 0 spiro atoms. The van der Waals surface area contributed by atoms with Gasteiger partial charge in [0.2, 0.25) is 0 Å². The van der Waals surface area contributed by atoms with Gasteiger partial charge in [-0.3, -0.25) is 0 Å². The minimum atomic E-state index is -1.25. The third-order valence-corrected chi connectivity index (χ3v) is 2.37. The molecule has 0 aliphatic carbocycles. The van der Waals surface area contributed by atoms with Gasteiger partial charge in [-0.15, -0.1) is 0 Å². The first-order valence-electron chi connectivity index (χ1n) is 8.26. The first kappa shape index (κ1) is 29.0. The molecule has 0 saturated carbocycles. The van der Waals surface area contributed by atoms with Crippen LogP contribution in [0.4, 0.5) is 0 Å². The maximum absolute atomic E-state index is 10.8. The van der Waals surface area contributed by atoms with Crippen molar-refractivity contribution in [2.24, 2.45) is 0 Å². The van der Waals surface area contributed by atoms with Crippen molar-refractivity contribution in [2.75, 3.05) is 26.4 Å². The highest BCUT2D eigenvalue weighted by atomic mass is 16.6. The average molecular weight is 442 g/mol. The van der Waals surface area contributed by atoms with Gasteiger partial charge in [0.1, 0.15) is 26.4 Å². The molecule has 0 aliphatic rings. The lowest BCUT2D eigenvalue weighted by Crippen LogP contribution is -2.13. The molecule has 0 aliphatic heterocycles. The maximum Gasteiger partial charge on any atom is 0.333 e. The third kappa shape index (κ3) is 21.9. The Morgan fingerprint density at radius 3 is 1.35 bits per heavy atom. The quantitative estimate of drug-likeness (QED) is 0.181. The average Bonchev–Trinajstić information content (AvgIpc) is 2.71. The number of hydrogen-bond donors (Lipinski definition) is 2. The van der Waals surface area contributed by atoms with Crippen molar-refractivity contribution < 1.29 is 57.9 Å². The Balaban J connectivity index is 0. The summed E-state index contributed by atoms with van der Waals surface area (Å²) in [5, 5.41) is 16.4. The van der Waals surface area contributed by atoms with Crippen LogP contribution in [-0.4, -0.2) is 72.5 Å². The highest BCUT2D eigenvalue weighted by Gasteiger charge is 2.03. The van der Waals surface area contributed by atoms with E-state index in [9.17, 15) is 28.8 Å². The van der Waals surface area contributed by atoms with E-state index in [1.165, 1.54) is 6.92 Å². The molecule has 2 N–H and O–H groups in total. The van der Waals surface area contributed by atoms with Gasteiger partial charge in [-0.05, 0) is 6.92 Å². The SMILES string of the molecule is C=C(C)C(=O)OCCOC(=O)/C=C\C(=O)O.C=CC(=O)OCCOC(=O)/C=C\C(=O)O. The van der Waals surface area contributed by atoms with Gasteiger partial charge >= 0.3 is 35.8 Å². The molecular weight excluding hydrogens is 420 g/mol. The number of ether oxygens (including phenoxy) is 4. The summed E-state index contributed by atoms with van der Waals surface area (Å²) >= 11 is 0. The summed E-state index contributed by atoms with van der Waals surface area (Å²) < 4.78 is 18.1. The van der Waals surface area contributed by atoms with Crippen LogP contribution in [0, 0.1) is 0 Å². The van der Waals surface area contributed by atoms with Gasteiger partial charge in [0.05, 0.1) is 0 Å². The molecule has 0 amide bonds. The molecular formula is C19H22O12. The summed E-state index contributed by atoms with van der Waals surface area (Å²) in [6, 6.07) is 0. The van der Waals surface area contributed by atoms with E-state index >= 15 is 0 Å². The molecule has 0 fully saturated rings. The summed E-state index contributed by atoms with van der Waals surface area (Å²) in [4.78, 5) is 62.9. The van der Waals surface area contributed by atoms with Gasteiger partial charge in [0.15, 0.2) is 0 Å². The minimum absolute atomic E-state index is 0.0989. The highest BCUT2D eigenvalue weighted by Crippen LogP contribution is 1.92. The van der Waals surface area contributed by atoms with Crippen molar-refractivity contribution in [3.63, 3.8) is 0 Å². The fourth-order valence-corrected chi connectivity index (χ4v) is 1.12. The van der Waals surface area contributed by atoms with Crippen LogP contribution < -0.4 is 0 Å². The van der Waals surface area contributed by atoms with Crippen molar-refractivity contribution in [2.45, 2.75) is 6.92 Å². The molecule has 0 aromatic heterocycles. The van der Waals surface area contributed by atoms with E-state index in [1.54, 1.807) is 0 Å². The van der Waals surface area contributed by atoms with Crippen LogP contribution in [0.25, 0.3) is 0 Å². The normalized spacial score (nSPS) is 9.71. The lowest BCUT2D eigenvalue weighted by Gasteiger charge is -2.03. The van der Waals surface area contributed by atoms with Gasteiger partial charge in [0, 0.05) is 36.0 Å². The molecule has 0 rings (SSSR count). The van der Waals surface area contributed by atoms with E-state index in [2.05, 4.69) is 32.1 Å². The Hall–Kier alpha value is -4.22. The minimum Gasteiger partial charge on any atom is -0.478 e. The van der Waals surface area contributed by atoms with E-state index in [4.69, 9.17) is 10.2 Å². The Bertz CT molecular complexity index is 745. The summed E-state index contributed by atoms with van der Waals surface area (Å²) in [6.45, 7) is 7.54. The number of carboxylic acid groups (broad SMARTS) is 2. The lowest BCUT2D eigenvalue weighted by molar-refractivity contribution is -0.146. The second-order valence-electron chi connectivity index (χ2n) is 4.97. The van der Waals surface area contributed by atoms with Gasteiger partial charge in [0.25, 0.3) is 0 Å². The smallest absolute Gasteiger partial charge is 0.333 e. The fourth-order valence-electron chi connectivity index (χ4n) is 1.12. The number of rotatable bonds is 12. The highest BCUT2D eigenvalue weighted by molar-refractivity contribution is 5.91. The van der Waals surface area contributed by atoms with Gasteiger partial charge in [-0.1, -0.05) is 13.2 Å². The molecule has 0 heterocycles. The molecule has 31 heavy (non-hydrogen) atoms. The topological polar surface area (TPSA) is 180 Å². The molecule has 0 saturated heterocycles. The van der Waals surface area contributed by atoms with Crippen LogP contribution in [0.2, 0.25) is 0 Å². The summed E-state index contributed by atoms with van der Waals surface area (Å²) in [5.74, 6) is -5.30. The Morgan fingerprint density at radius 2 is 1.03 bits per heavy atom.